The molecule has 7 heteroatoms. The lowest BCUT2D eigenvalue weighted by Gasteiger charge is -2.28. The number of rotatable bonds is 6. The largest absolute Gasteiger partial charge is 0.450 e. The van der Waals surface area contributed by atoms with Gasteiger partial charge in [-0.1, -0.05) is 25.7 Å². The van der Waals surface area contributed by atoms with Crippen LogP contribution in [-0.4, -0.2) is 50.8 Å². The Morgan fingerprint density at radius 1 is 1.25 bits per heavy atom. The predicted molar refractivity (Wildman–Crippen MR) is 78.1 cm³/mol. The molecule has 1 saturated carbocycles. The zero-order valence-electron chi connectivity index (χ0n) is 12.4. The van der Waals surface area contributed by atoms with Gasteiger partial charge < -0.3 is 10.1 Å². The van der Waals surface area contributed by atoms with Gasteiger partial charge in [0.25, 0.3) is 0 Å². The summed E-state index contributed by atoms with van der Waals surface area (Å²) in [5.41, 5.74) is 0. The van der Waals surface area contributed by atoms with E-state index in [1.165, 1.54) is 23.4 Å². The van der Waals surface area contributed by atoms with Crippen LogP contribution in [0.5, 0.6) is 0 Å². The minimum Gasteiger partial charge on any atom is -0.450 e. The summed E-state index contributed by atoms with van der Waals surface area (Å²) in [6.45, 7) is 2.63. The van der Waals surface area contributed by atoms with E-state index in [0.29, 0.717) is 13.2 Å². The molecule has 0 spiro atoms. The number of nitrogens with zero attached hydrogens (tertiary/aromatic N) is 1. The zero-order chi connectivity index (χ0) is 15.0. The number of sulfonamides is 1. The number of carbonyl (C=O) groups is 1. The van der Waals surface area contributed by atoms with E-state index in [1.807, 2.05) is 0 Å². The van der Waals surface area contributed by atoms with Gasteiger partial charge in [-0.05, 0) is 19.8 Å². The Morgan fingerprint density at radius 3 is 2.35 bits per heavy atom. The maximum Gasteiger partial charge on any atom is 0.407 e. The smallest absolute Gasteiger partial charge is 0.407 e. The molecule has 0 aromatic carbocycles. The van der Waals surface area contributed by atoms with E-state index in [4.69, 9.17) is 4.74 Å². The Bertz CT molecular complexity index is 389. The van der Waals surface area contributed by atoms with Crippen molar-refractivity contribution in [3.63, 3.8) is 0 Å². The fraction of sp³-hybridized carbons (Fsp3) is 0.923. The van der Waals surface area contributed by atoms with Crippen LogP contribution < -0.4 is 5.32 Å². The molecule has 6 nitrogen and oxygen atoms in total. The minimum absolute atomic E-state index is 0.0662. The average molecular weight is 306 g/mol. The van der Waals surface area contributed by atoms with Crippen molar-refractivity contribution in [1.82, 2.24) is 9.62 Å². The Labute approximate surface area is 121 Å². The highest BCUT2D eigenvalue weighted by Gasteiger charge is 2.26. The van der Waals surface area contributed by atoms with Crippen LogP contribution in [0.1, 0.15) is 45.4 Å². The number of hydrogen-bond acceptors (Lipinski definition) is 4. The van der Waals surface area contributed by atoms with Crippen molar-refractivity contribution in [3.8, 4) is 0 Å². The molecule has 0 bridgehead atoms. The van der Waals surface area contributed by atoms with Gasteiger partial charge in [0.1, 0.15) is 0 Å². The van der Waals surface area contributed by atoms with Gasteiger partial charge in [-0.15, -0.1) is 0 Å². The maximum atomic E-state index is 11.9. The van der Waals surface area contributed by atoms with Crippen LogP contribution in [0.25, 0.3) is 0 Å². The first kappa shape index (κ1) is 17.2. The van der Waals surface area contributed by atoms with Crippen LogP contribution in [0.2, 0.25) is 0 Å². The van der Waals surface area contributed by atoms with Gasteiger partial charge in [-0.3, -0.25) is 0 Å². The average Bonchev–Trinajstić information content (AvgIpc) is 2.62. The highest BCUT2D eigenvalue weighted by molar-refractivity contribution is 7.88. The molecule has 0 radical (unpaired) electrons. The van der Waals surface area contributed by atoms with E-state index in [9.17, 15) is 13.2 Å². The van der Waals surface area contributed by atoms with Gasteiger partial charge in [-0.2, -0.15) is 4.31 Å². The van der Waals surface area contributed by atoms with Crippen LogP contribution in [0, 0.1) is 0 Å². The molecule has 0 aromatic heterocycles. The van der Waals surface area contributed by atoms with E-state index >= 15 is 0 Å². The van der Waals surface area contributed by atoms with Gasteiger partial charge in [0, 0.05) is 19.1 Å². The molecule has 0 aliphatic heterocycles. The zero-order valence-corrected chi connectivity index (χ0v) is 13.2. The van der Waals surface area contributed by atoms with Crippen molar-refractivity contribution in [2.45, 2.75) is 51.5 Å². The molecular formula is C13H26N2O4S. The van der Waals surface area contributed by atoms with E-state index < -0.39 is 16.1 Å². The number of alkyl carbamates (subject to hydrolysis) is 1. The van der Waals surface area contributed by atoms with Crippen LogP contribution in [-0.2, 0) is 14.8 Å². The highest BCUT2D eigenvalue weighted by atomic mass is 32.2. The second-order valence-electron chi connectivity index (χ2n) is 5.17. The van der Waals surface area contributed by atoms with Crippen molar-refractivity contribution < 1.29 is 17.9 Å². The molecular weight excluding hydrogens is 280 g/mol. The molecule has 0 saturated heterocycles. The normalized spacial score (nSPS) is 17.8. The number of hydrogen-bond donors (Lipinski definition) is 1. The fourth-order valence-corrected chi connectivity index (χ4v) is 3.79. The molecule has 1 amide bonds. The topological polar surface area (TPSA) is 75.7 Å². The first-order valence-electron chi connectivity index (χ1n) is 7.32. The van der Waals surface area contributed by atoms with E-state index in [0.717, 1.165) is 25.7 Å². The summed E-state index contributed by atoms with van der Waals surface area (Å²) < 4.78 is 30.1. The molecule has 1 N–H and O–H groups in total. The van der Waals surface area contributed by atoms with Crippen molar-refractivity contribution in [3.05, 3.63) is 0 Å². The third kappa shape index (κ3) is 6.09. The third-order valence-electron chi connectivity index (χ3n) is 3.53. The first-order valence-corrected chi connectivity index (χ1v) is 9.17. The maximum absolute atomic E-state index is 11.9. The molecule has 1 aliphatic rings. The monoisotopic (exact) mass is 306 g/mol. The van der Waals surface area contributed by atoms with Crippen LogP contribution >= 0.6 is 0 Å². The molecule has 118 valence electrons. The lowest BCUT2D eigenvalue weighted by atomic mass is 10.1. The number of amides is 1. The molecule has 1 rings (SSSR count). The summed E-state index contributed by atoms with van der Waals surface area (Å²) in [5, 5.41) is 2.57. The highest BCUT2D eigenvalue weighted by Crippen LogP contribution is 2.23. The molecule has 0 aromatic rings. The summed E-state index contributed by atoms with van der Waals surface area (Å²) in [4.78, 5) is 11.2. The van der Waals surface area contributed by atoms with Crippen molar-refractivity contribution in [1.29, 1.82) is 0 Å². The van der Waals surface area contributed by atoms with Crippen molar-refractivity contribution in [2.75, 3.05) is 26.0 Å². The number of ether oxygens (including phenoxy) is 1. The standard InChI is InChI=1S/C13H26N2O4S/c1-3-19-13(16)14-10-11-15(20(2,17)18)12-8-6-4-5-7-9-12/h12H,3-11H2,1-2H3,(H,14,16). The summed E-state index contributed by atoms with van der Waals surface area (Å²) >= 11 is 0. The fourth-order valence-electron chi connectivity index (χ4n) is 2.62. The summed E-state index contributed by atoms with van der Waals surface area (Å²) in [5.74, 6) is 0. The molecule has 0 atom stereocenters. The second-order valence-corrected chi connectivity index (χ2v) is 7.10. The Hall–Kier alpha value is -0.820. The molecule has 20 heavy (non-hydrogen) atoms. The van der Waals surface area contributed by atoms with Crippen LogP contribution in [0.15, 0.2) is 0 Å². The van der Waals surface area contributed by atoms with E-state index in [1.54, 1.807) is 6.92 Å². The van der Waals surface area contributed by atoms with Crippen LogP contribution in [0.3, 0.4) is 0 Å². The van der Waals surface area contributed by atoms with Crippen molar-refractivity contribution in [2.24, 2.45) is 0 Å². The van der Waals surface area contributed by atoms with Gasteiger partial charge in [-0.25, -0.2) is 13.2 Å². The Kier molecular flexibility index (Phi) is 7.29. The van der Waals surface area contributed by atoms with Gasteiger partial charge >= 0.3 is 6.09 Å². The first-order chi connectivity index (χ1) is 9.45. The van der Waals surface area contributed by atoms with E-state index in [2.05, 4.69) is 5.32 Å². The predicted octanol–water partition coefficient (Wildman–Crippen LogP) is 1.72. The quantitative estimate of drug-likeness (QED) is 0.758. The van der Waals surface area contributed by atoms with Gasteiger partial charge in [0.2, 0.25) is 10.0 Å². The number of nitrogens with one attached hydrogen (secondary N) is 1. The molecule has 0 heterocycles. The SMILES string of the molecule is CCOC(=O)NCCN(C1CCCCCC1)S(C)(=O)=O. The molecule has 0 unspecified atom stereocenters. The lowest BCUT2D eigenvalue weighted by molar-refractivity contribution is 0.151. The Balaban J connectivity index is 2.54. The van der Waals surface area contributed by atoms with Gasteiger partial charge in [0.15, 0.2) is 0 Å². The summed E-state index contributed by atoms with van der Waals surface area (Å²) in [7, 11) is -3.25. The summed E-state index contributed by atoms with van der Waals surface area (Å²) in [6, 6.07) is 0.0662. The summed E-state index contributed by atoms with van der Waals surface area (Å²) in [6.07, 6.45) is 7.05. The molecule has 1 fully saturated rings. The molecule has 1 aliphatic carbocycles. The number of carbonyl (C=O) groups excluding carboxylic acids is 1. The lowest BCUT2D eigenvalue weighted by Crippen LogP contribution is -2.44. The van der Waals surface area contributed by atoms with Crippen molar-refractivity contribution >= 4 is 16.1 Å². The Morgan fingerprint density at radius 2 is 1.85 bits per heavy atom. The van der Waals surface area contributed by atoms with Crippen LogP contribution in [0.4, 0.5) is 4.79 Å². The third-order valence-corrected chi connectivity index (χ3v) is 4.87. The second kappa shape index (κ2) is 8.46. The minimum atomic E-state index is -3.25. The van der Waals surface area contributed by atoms with Gasteiger partial charge in [0.05, 0.1) is 12.9 Å². The van der Waals surface area contributed by atoms with E-state index in [-0.39, 0.29) is 12.6 Å².